The number of esters is 1. The Morgan fingerprint density at radius 3 is 2.43 bits per heavy atom. The minimum Gasteiger partial charge on any atom is -0.452 e. The Morgan fingerprint density at radius 1 is 1.09 bits per heavy atom. The number of hydrogen-bond acceptors (Lipinski definition) is 3. The predicted molar refractivity (Wildman–Crippen MR) is 89.8 cm³/mol. The molecule has 0 bridgehead atoms. The van der Waals surface area contributed by atoms with Gasteiger partial charge >= 0.3 is 5.97 Å². The number of nitrogens with one attached hydrogen (secondary N) is 1. The Balaban J connectivity index is 1.81. The van der Waals surface area contributed by atoms with Crippen LogP contribution in [-0.4, -0.2) is 18.5 Å². The topological polar surface area (TPSA) is 55.4 Å². The van der Waals surface area contributed by atoms with Crippen molar-refractivity contribution in [3.63, 3.8) is 0 Å². The Morgan fingerprint density at radius 2 is 1.78 bits per heavy atom. The first-order valence-electron chi connectivity index (χ1n) is 6.90. The second-order valence-corrected chi connectivity index (χ2v) is 5.80. The molecule has 0 aromatic heterocycles. The van der Waals surface area contributed by atoms with Crippen molar-refractivity contribution in [2.24, 2.45) is 0 Å². The van der Waals surface area contributed by atoms with Gasteiger partial charge in [0.2, 0.25) is 0 Å². The average molecular weight is 352 g/mol. The lowest BCUT2D eigenvalue weighted by atomic mass is 10.1. The van der Waals surface area contributed by atoms with Crippen LogP contribution in [0.1, 0.15) is 21.5 Å². The molecule has 0 aliphatic rings. The molecule has 0 radical (unpaired) electrons. The number of halogens is 2. The molecule has 0 aliphatic carbocycles. The van der Waals surface area contributed by atoms with Crippen LogP contribution in [0.4, 0.5) is 0 Å². The molecule has 0 saturated heterocycles. The van der Waals surface area contributed by atoms with Crippen molar-refractivity contribution >= 4 is 35.1 Å². The Bertz CT molecular complexity index is 714. The number of aryl methyl sites for hydroxylation is 1. The largest absolute Gasteiger partial charge is 0.452 e. The van der Waals surface area contributed by atoms with Crippen molar-refractivity contribution in [3.05, 3.63) is 69.2 Å². The Kier molecular flexibility index (Phi) is 6.02. The molecular formula is C17H15Cl2NO3. The minimum atomic E-state index is -0.537. The molecule has 2 aromatic carbocycles. The maximum Gasteiger partial charge on any atom is 0.338 e. The summed E-state index contributed by atoms with van der Waals surface area (Å²) < 4.78 is 4.96. The molecule has 0 heterocycles. The third-order valence-electron chi connectivity index (χ3n) is 3.11. The van der Waals surface area contributed by atoms with E-state index in [4.69, 9.17) is 27.9 Å². The summed E-state index contributed by atoms with van der Waals surface area (Å²) in [6, 6.07) is 11.9. The van der Waals surface area contributed by atoms with Gasteiger partial charge in [0.05, 0.1) is 5.56 Å². The summed E-state index contributed by atoms with van der Waals surface area (Å²) in [7, 11) is 0. The number of carbonyl (C=O) groups is 2. The van der Waals surface area contributed by atoms with Crippen LogP contribution in [0.15, 0.2) is 42.5 Å². The molecule has 0 spiro atoms. The molecule has 2 aromatic rings. The highest BCUT2D eigenvalue weighted by Crippen LogP contribution is 2.20. The number of rotatable bonds is 5. The highest BCUT2D eigenvalue weighted by Gasteiger charge is 2.10. The minimum absolute atomic E-state index is 0.233. The second kappa shape index (κ2) is 7.99. The van der Waals surface area contributed by atoms with E-state index in [1.165, 1.54) is 0 Å². The molecular weight excluding hydrogens is 337 g/mol. The van der Waals surface area contributed by atoms with E-state index in [-0.39, 0.29) is 13.2 Å². The maximum atomic E-state index is 11.8. The SMILES string of the molecule is Cc1ccc(C(=O)OCC(=O)NCc2ccc(Cl)cc2Cl)cc1. The smallest absolute Gasteiger partial charge is 0.338 e. The monoisotopic (exact) mass is 351 g/mol. The number of benzene rings is 2. The van der Waals surface area contributed by atoms with Crippen molar-refractivity contribution in [1.82, 2.24) is 5.32 Å². The van der Waals surface area contributed by atoms with E-state index in [1.54, 1.807) is 42.5 Å². The quantitative estimate of drug-likeness (QED) is 0.834. The summed E-state index contributed by atoms with van der Waals surface area (Å²) in [5.41, 5.74) is 2.18. The first kappa shape index (κ1) is 17.3. The highest BCUT2D eigenvalue weighted by atomic mass is 35.5. The van der Waals surface area contributed by atoms with Gasteiger partial charge in [-0.25, -0.2) is 4.79 Å². The van der Waals surface area contributed by atoms with Crippen LogP contribution in [-0.2, 0) is 16.1 Å². The normalized spacial score (nSPS) is 10.2. The summed E-state index contributed by atoms with van der Waals surface area (Å²) in [5.74, 6) is -0.943. The third kappa shape index (κ3) is 5.27. The zero-order chi connectivity index (χ0) is 16.8. The van der Waals surface area contributed by atoms with Gasteiger partial charge in [-0.05, 0) is 36.8 Å². The van der Waals surface area contributed by atoms with Crippen LogP contribution >= 0.6 is 23.2 Å². The fraction of sp³-hybridized carbons (Fsp3) is 0.176. The van der Waals surface area contributed by atoms with Gasteiger partial charge in [-0.15, -0.1) is 0 Å². The van der Waals surface area contributed by atoms with E-state index < -0.39 is 11.9 Å². The van der Waals surface area contributed by atoms with Gasteiger partial charge in [0.25, 0.3) is 5.91 Å². The third-order valence-corrected chi connectivity index (χ3v) is 3.70. The van der Waals surface area contributed by atoms with Gasteiger partial charge in [0.1, 0.15) is 0 Å². The van der Waals surface area contributed by atoms with Gasteiger partial charge in [0, 0.05) is 16.6 Å². The summed E-state index contributed by atoms with van der Waals surface area (Å²) in [6.07, 6.45) is 0. The zero-order valence-electron chi connectivity index (χ0n) is 12.4. The number of carbonyl (C=O) groups excluding carboxylic acids is 2. The lowest BCUT2D eigenvalue weighted by Gasteiger charge is -2.08. The van der Waals surface area contributed by atoms with Crippen LogP contribution in [0, 0.1) is 6.92 Å². The molecule has 23 heavy (non-hydrogen) atoms. The van der Waals surface area contributed by atoms with Crippen LogP contribution in [0.5, 0.6) is 0 Å². The second-order valence-electron chi connectivity index (χ2n) is 4.95. The summed E-state index contributed by atoms with van der Waals surface area (Å²) in [6.45, 7) is 1.80. The van der Waals surface area contributed by atoms with E-state index >= 15 is 0 Å². The molecule has 1 amide bonds. The van der Waals surface area contributed by atoms with Crippen LogP contribution in [0.3, 0.4) is 0 Å². The summed E-state index contributed by atoms with van der Waals surface area (Å²) >= 11 is 11.8. The van der Waals surface area contributed by atoms with Gasteiger partial charge in [-0.2, -0.15) is 0 Å². The van der Waals surface area contributed by atoms with Crippen LogP contribution in [0.25, 0.3) is 0 Å². The molecule has 6 heteroatoms. The van der Waals surface area contributed by atoms with E-state index in [2.05, 4.69) is 5.32 Å². The van der Waals surface area contributed by atoms with Gasteiger partial charge in [-0.1, -0.05) is 47.0 Å². The average Bonchev–Trinajstić information content (AvgIpc) is 2.52. The van der Waals surface area contributed by atoms with Crippen molar-refractivity contribution in [1.29, 1.82) is 0 Å². The lowest BCUT2D eigenvalue weighted by Crippen LogP contribution is -2.28. The molecule has 0 fully saturated rings. The van der Waals surface area contributed by atoms with Crippen LogP contribution < -0.4 is 5.32 Å². The van der Waals surface area contributed by atoms with E-state index in [9.17, 15) is 9.59 Å². The summed E-state index contributed by atoms with van der Waals surface area (Å²) in [5, 5.41) is 3.62. The predicted octanol–water partition coefficient (Wildman–Crippen LogP) is 3.78. The Hall–Kier alpha value is -2.04. The molecule has 0 aliphatic heterocycles. The van der Waals surface area contributed by atoms with Gasteiger partial charge in [0.15, 0.2) is 6.61 Å². The molecule has 4 nitrogen and oxygen atoms in total. The van der Waals surface area contributed by atoms with Crippen molar-refractivity contribution in [2.75, 3.05) is 6.61 Å². The standard InChI is InChI=1S/C17H15Cl2NO3/c1-11-2-4-12(5-3-11)17(22)23-10-16(21)20-9-13-6-7-14(18)8-15(13)19/h2-8H,9-10H2,1H3,(H,20,21). The molecule has 1 N–H and O–H groups in total. The molecule has 0 unspecified atom stereocenters. The van der Waals surface area contributed by atoms with E-state index in [0.717, 1.165) is 11.1 Å². The highest BCUT2D eigenvalue weighted by molar-refractivity contribution is 6.35. The fourth-order valence-electron chi connectivity index (χ4n) is 1.81. The van der Waals surface area contributed by atoms with Gasteiger partial charge < -0.3 is 10.1 Å². The first-order chi connectivity index (χ1) is 11.0. The van der Waals surface area contributed by atoms with Gasteiger partial charge in [-0.3, -0.25) is 4.79 Å². The number of amides is 1. The summed E-state index contributed by atoms with van der Waals surface area (Å²) in [4.78, 5) is 23.5. The van der Waals surface area contributed by atoms with E-state index in [1.807, 2.05) is 6.92 Å². The van der Waals surface area contributed by atoms with E-state index in [0.29, 0.717) is 15.6 Å². The first-order valence-corrected chi connectivity index (χ1v) is 7.66. The molecule has 120 valence electrons. The van der Waals surface area contributed by atoms with Crippen LogP contribution in [0.2, 0.25) is 10.0 Å². The van der Waals surface area contributed by atoms with Crippen molar-refractivity contribution < 1.29 is 14.3 Å². The lowest BCUT2D eigenvalue weighted by molar-refractivity contribution is -0.124. The van der Waals surface area contributed by atoms with Crippen molar-refractivity contribution in [2.45, 2.75) is 13.5 Å². The fourth-order valence-corrected chi connectivity index (χ4v) is 2.29. The zero-order valence-corrected chi connectivity index (χ0v) is 13.9. The number of hydrogen-bond donors (Lipinski definition) is 1. The molecule has 0 saturated carbocycles. The maximum absolute atomic E-state index is 11.8. The molecule has 0 atom stereocenters. The molecule has 2 rings (SSSR count). The number of ether oxygens (including phenoxy) is 1. The van der Waals surface area contributed by atoms with Crippen molar-refractivity contribution in [3.8, 4) is 0 Å². The Labute approximate surface area is 144 Å².